The van der Waals surface area contributed by atoms with Gasteiger partial charge in [-0.2, -0.15) is 0 Å². The maximum absolute atomic E-state index is 3.59. The molecule has 114 valence electrons. The standard InChI is InChI=1S/C19H28N2/c1-3-21(4-2)15-8-7-14-20-16-18-12-9-11-17-10-5-6-13-19(17)18/h5-6,9-13,20H,3-4,7-8,14-16H2,1-2H3. The first-order valence-corrected chi connectivity index (χ1v) is 8.24. The van der Waals surface area contributed by atoms with Crippen LogP contribution < -0.4 is 5.32 Å². The maximum atomic E-state index is 3.59. The number of fused-ring (bicyclic) bond motifs is 1. The second kappa shape index (κ2) is 8.81. The van der Waals surface area contributed by atoms with Crippen molar-refractivity contribution in [2.45, 2.75) is 33.2 Å². The lowest BCUT2D eigenvalue weighted by Crippen LogP contribution is -2.25. The van der Waals surface area contributed by atoms with Crippen LogP contribution in [0, 0.1) is 0 Å². The van der Waals surface area contributed by atoms with Gasteiger partial charge in [0.1, 0.15) is 0 Å². The van der Waals surface area contributed by atoms with E-state index in [1.165, 1.54) is 48.8 Å². The normalized spacial score (nSPS) is 11.4. The summed E-state index contributed by atoms with van der Waals surface area (Å²) in [5.41, 5.74) is 1.40. The molecule has 0 aliphatic carbocycles. The minimum absolute atomic E-state index is 0.965. The van der Waals surface area contributed by atoms with E-state index in [9.17, 15) is 0 Å². The Hall–Kier alpha value is -1.38. The predicted molar refractivity (Wildman–Crippen MR) is 92.7 cm³/mol. The highest BCUT2D eigenvalue weighted by atomic mass is 15.1. The molecule has 0 unspecified atom stereocenters. The highest BCUT2D eigenvalue weighted by molar-refractivity contribution is 5.85. The van der Waals surface area contributed by atoms with Gasteiger partial charge in [0.05, 0.1) is 0 Å². The van der Waals surface area contributed by atoms with Crippen LogP contribution in [0.1, 0.15) is 32.3 Å². The highest BCUT2D eigenvalue weighted by Gasteiger charge is 2.00. The summed E-state index contributed by atoms with van der Waals surface area (Å²) in [6, 6.07) is 15.2. The minimum atomic E-state index is 0.965. The summed E-state index contributed by atoms with van der Waals surface area (Å²) in [5.74, 6) is 0. The SMILES string of the molecule is CCN(CC)CCCCNCc1cccc2ccccc12. The lowest BCUT2D eigenvalue weighted by molar-refractivity contribution is 0.296. The van der Waals surface area contributed by atoms with E-state index in [0.29, 0.717) is 0 Å². The molecular weight excluding hydrogens is 256 g/mol. The monoisotopic (exact) mass is 284 g/mol. The zero-order chi connectivity index (χ0) is 14.9. The number of rotatable bonds is 9. The van der Waals surface area contributed by atoms with Gasteiger partial charge in [-0.3, -0.25) is 0 Å². The van der Waals surface area contributed by atoms with Crippen LogP contribution in [-0.2, 0) is 6.54 Å². The zero-order valence-electron chi connectivity index (χ0n) is 13.4. The van der Waals surface area contributed by atoms with Gasteiger partial charge < -0.3 is 10.2 Å². The van der Waals surface area contributed by atoms with Crippen molar-refractivity contribution in [3.63, 3.8) is 0 Å². The Balaban J connectivity index is 1.73. The van der Waals surface area contributed by atoms with Crippen molar-refractivity contribution in [2.75, 3.05) is 26.2 Å². The van der Waals surface area contributed by atoms with Crippen LogP contribution in [0.2, 0.25) is 0 Å². The van der Waals surface area contributed by atoms with Crippen molar-refractivity contribution < 1.29 is 0 Å². The van der Waals surface area contributed by atoms with Crippen LogP contribution in [-0.4, -0.2) is 31.1 Å². The van der Waals surface area contributed by atoms with Crippen molar-refractivity contribution in [3.8, 4) is 0 Å². The third-order valence-corrected chi connectivity index (χ3v) is 4.17. The molecule has 1 N–H and O–H groups in total. The van der Waals surface area contributed by atoms with Gasteiger partial charge in [0.2, 0.25) is 0 Å². The van der Waals surface area contributed by atoms with Crippen molar-refractivity contribution >= 4 is 10.8 Å². The molecule has 0 bridgehead atoms. The Labute approximate surface area is 129 Å². The zero-order valence-corrected chi connectivity index (χ0v) is 13.4. The van der Waals surface area contributed by atoms with Crippen LogP contribution in [0.25, 0.3) is 10.8 Å². The lowest BCUT2D eigenvalue weighted by Gasteiger charge is -2.17. The molecule has 2 aromatic rings. The quantitative estimate of drug-likeness (QED) is 0.699. The molecule has 0 saturated heterocycles. The summed E-state index contributed by atoms with van der Waals surface area (Å²) in [6.45, 7) is 10.1. The number of hydrogen-bond donors (Lipinski definition) is 1. The van der Waals surface area contributed by atoms with Gasteiger partial charge in [-0.1, -0.05) is 56.3 Å². The fourth-order valence-electron chi connectivity index (χ4n) is 2.79. The predicted octanol–water partition coefficient (Wildman–Crippen LogP) is 4.05. The maximum Gasteiger partial charge on any atom is 0.0211 e. The Morgan fingerprint density at radius 2 is 1.67 bits per heavy atom. The molecule has 2 heteroatoms. The number of hydrogen-bond acceptors (Lipinski definition) is 2. The van der Waals surface area contributed by atoms with E-state index in [-0.39, 0.29) is 0 Å². The molecule has 0 saturated carbocycles. The number of nitrogens with one attached hydrogen (secondary N) is 1. The second-order valence-electron chi connectivity index (χ2n) is 5.55. The molecule has 0 radical (unpaired) electrons. The summed E-state index contributed by atoms with van der Waals surface area (Å²) in [7, 11) is 0. The smallest absolute Gasteiger partial charge is 0.0211 e. The Kier molecular flexibility index (Phi) is 6.71. The fourth-order valence-corrected chi connectivity index (χ4v) is 2.79. The van der Waals surface area contributed by atoms with E-state index in [0.717, 1.165) is 13.1 Å². The van der Waals surface area contributed by atoms with E-state index in [1.807, 2.05) is 0 Å². The molecule has 0 fully saturated rings. The van der Waals surface area contributed by atoms with Crippen LogP contribution in [0.5, 0.6) is 0 Å². The summed E-state index contributed by atoms with van der Waals surface area (Å²) in [6.07, 6.45) is 2.53. The molecule has 21 heavy (non-hydrogen) atoms. The molecule has 0 atom stereocenters. The van der Waals surface area contributed by atoms with Gasteiger partial charge in [-0.15, -0.1) is 0 Å². The second-order valence-corrected chi connectivity index (χ2v) is 5.55. The van der Waals surface area contributed by atoms with Gasteiger partial charge in [-0.25, -0.2) is 0 Å². The van der Waals surface area contributed by atoms with Crippen molar-refractivity contribution in [3.05, 3.63) is 48.0 Å². The minimum Gasteiger partial charge on any atom is -0.313 e. The largest absolute Gasteiger partial charge is 0.313 e. The molecule has 0 heterocycles. The Morgan fingerprint density at radius 1 is 0.905 bits per heavy atom. The van der Waals surface area contributed by atoms with Gasteiger partial charge in [0, 0.05) is 6.54 Å². The number of benzene rings is 2. The van der Waals surface area contributed by atoms with Gasteiger partial charge in [0.25, 0.3) is 0 Å². The highest BCUT2D eigenvalue weighted by Crippen LogP contribution is 2.18. The first kappa shape index (κ1) is 16.0. The third kappa shape index (κ3) is 4.83. The van der Waals surface area contributed by atoms with Crippen LogP contribution in [0.15, 0.2) is 42.5 Å². The fraction of sp³-hybridized carbons (Fsp3) is 0.474. The third-order valence-electron chi connectivity index (χ3n) is 4.17. The first-order valence-electron chi connectivity index (χ1n) is 8.24. The van der Waals surface area contributed by atoms with E-state index in [4.69, 9.17) is 0 Å². The van der Waals surface area contributed by atoms with E-state index >= 15 is 0 Å². The Bertz CT molecular complexity index is 527. The molecule has 0 aliphatic heterocycles. The number of unbranched alkanes of at least 4 members (excludes halogenated alkanes) is 1. The number of nitrogens with zero attached hydrogens (tertiary/aromatic N) is 1. The molecule has 0 aromatic heterocycles. The summed E-state index contributed by atoms with van der Waals surface area (Å²) in [4.78, 5) is 2.49. The van der Waals surface area contributed by atoms with E-state index in [1.54, 1.807) is 0 Å². The molecule has 0 spiro atoms. The van der Waals surface area contributed by atoms with Gasteiger partial charge in [0.15, 0.2) is 0 Å². The molecule has 0 amide bonds. The van der Waals surface area contributed by atoms with E-state index < -0.39 is 0 Å². The average Bonchev–Trinajstić information content (AvgIpc) is 2.54. The van der Waals surface area contributed by atoms with E-state index in [2.05, 4.69) is 66.5 Å². The van der Waals surface area contributed by atoms with Crippen molar-refractivity contribution in [2.24, 2.45) is 0 Å². The van der Waals surface area contributed by atoms with Crippen LogP contribution in [0.3, 0.4) is 0 Å². The summed E-state index contributed by atoms with van der Waals surface area (Å²) < 4.78 is 0. The van der Waals surface area contributed by atoms with Crippen LogP contribution >= 0.6 is 0 Å². The molecule has 2 rings (SSSR count). The van der Waals surface area contributed by atoms with Crippen molar-refractivity contribution in [1.82, 2.24) is 10.2 Å². The lowest BCUT2D eigenvalue weighted by atomic mass is 10.0. The summed E-state index contributed by atoms with van der Waals surface area (Å²) >= 11 is 0. The van der Waals surface area contributed by atoms with Crippen LogP contribution in [0.4, 0.5) is 0 Å². The molecule has 2 nitrogen and oxygen atoms in total. The molecular formula is C19H28N2. The van der Waals surface area contributed by atoms with Gasteiger partial charge >= 0.3 is 0 Å². The average molecular weight is 284 g/mol. The first-order chi connectivity index (χ1) is 10.3. The molecule has 2 aromatic carbocycles. The summed E-state index contributed by atoms with van der Waals surface area (Å²) in [5, 5.41) is 6.29. The topological polar surface area (TPSA) is 15.3 Å². The van der Waals surface area contributed by atoms with Gasteiger partial charge in [-0.05, 0) is 55.4 Å². The van der Waals surface area contributed by atoms with Crippen molar-refractivity contribution in [1.29, 1.82) is 0 Å². The Morgan fingerprint density at radius 3 is 2.48 bits per heavy atom. The molecule has 0 aliphatic rings.